The van der Waals surface area contributed by atoms with Crippen molar-refractivity contribution in [3.63, 3.8) is 0 Å². The first-order valence-electron chi connectivity index (χ1n) is 12.0. The van der Waals surface area contributed by atoms with Crippen LogP contribution in [0.3, 0.4) is 0 Å². The molecule has 1 aromatic carbocycles. The molecule has 0 aliphatic rings. The Kier molecular flexibility index (Phi) is 13.2. The van der Waals surface area contributed by atoms with Crippen molar-refractivity contribution in [3.8, 4) is 5.75 Å². The Labute approximate surface area is 189 Å². The van der Waals surface area contributed by atoms with Crippen LogP contribution in [0.5, 0.6) is 5.75 Å². The minimum absolute atomic E-state index is 0.0441. The van der Waals surface area contributed by atoms with Gasteiger partial charge in [-0.05, 0) is 61.6 Å². The van der Waals surface area contributed by atoms with E-state index in [1.54, 1.807) is 11.8 Å². The Morgan fingerprint density at radius 1 is 0.933 bits per heavy atom. The van der Waals surface area contributed by atoms with Crippen LogP contribution < -0.4 is 5.32 Å². The number of thioether (sulfide) groups is 1. The Balaban J connectivity index is 2.37. The smallest absolute Gasteiger partial charge is 0.237 e. The quantitative estimate of drug-likeness (QED) is 0.217. The van der Waals surface area contributed by atoms with E-state index < -0.39 is 0 Å². The highest BCUT2D eigenvalue weighted by molar-refractivity contribution is 8.00. The van der Waals surface area contributed by atoms with Crippen molar-refractivity contribution in [2.24, 2.45) is 5.92 Å². The number of aromatic hydroxyl groups is 1. The van der Waals surface area contributed by atoms with Gasteiger partial charge in [-0.3, -0.25) is 4.79 Å². The summed E-state index contributed by atoms with van der Waals surface area (Å²) in [6.45, 7) is 12.2. The fourth-order valence-electron chi connectivity index (χ4n) is 3.77. The number of aryl methyl sites for hydroxylation is 1. The average Bonchev–Trinajstić information content (AvgIpc) is 2.70. The lowest BCUT2D eigenvalue weighted by molar-refractivity contribution is -0.116. The number of amides is 1. The third-order valence-corrected chi connectivity index (χ3v) is 7.62. The molecule has 0 aromatic heterocycles. The number of phenols is 1. The van der Waals surface area contributed by atoms with Gasteiger partial charge in [-0.1, -0.05) is 78.6 Å². The number of hydrogen-bond acceptors (Lipinski definition) is 3. The molecule has 1 unspecified atom stereocenters. The Bertz CT molecular complexity index is 642. The lowest BCUT2D eigenvalue weighted by Crippen LogP contribution is -2.30. The van der Waals surface area contributed by atoms with Crippen LogP contribution in [0.1, 0.15) is 102 Å². The van der Waals surface area contributed by atoms with Gasteiger partial charge in [-0.15, -0.1) is 11.8 Å². The molecule has 0 aliphatic carbocycles. The van der Waals surface area contributed by atoms with Gasteiger partial charge >= 0.3 is 0 Å². The molecule has 1 rings (SSSR count). The van der Waals surface area contributed by atoms with Crippen molar-refractivity contribution in [3.05, 3.63) is 22.8 Å². The zero-order chi connectivity index (χ0) is 22.5. The molecule has 1 amide bonds. The Hall–Kier alpha value is -1.16. The summed E-state index contributed by atoms with van der Waals surface area (Å²) in [5.74, 6) is 1.73. The van der Waals surface area contributed by atoms with Crippen molar-refractivity contribution < 1.29 is 9.90 Å². The predicted octanol–water partition coefficient (Wildman–Crippen LogP) is 7.93. The number of hydrogen-bond donors (Lipinski definition) is 2. The number of phenolic OH excluding ortho intramolecular Hbond substituents is 1. The molecule has 0 saturated heterocycles. The van der Waals surface area contributed by atoms with E-state index in [1.807, 2.05) is 26.8 Å². The molecule has 0 aliphatic heterocycles. The van der Waals surface area contributed by atoms with Crippen molar-refractivity contribution in [2.75, 3.05) is 11.1 Å². The molecule has 0 fully saturated rings. The van der Waals surface area contributed by atoms with Crippen molar-refractivity contribution in [2.45, 2.75) is 111 Å². The molecule has 1 aromatic rings. The van der Waals surface area contributed by atoms with E-state index in [1.165, 1.54) is 64.2 Å². The van der Waals surface area contributed by atoms with Crippen molar-refractivity contribution in [1.29, 1.82) is 0 Å². The minimum atomic E-state index is -0.0441. The fraction of sp³-hybridized carbons (Fsp3) is 0.731. The van der Waals surface area contributed by atoms with E-state index in [-0.39, 0.29) is 17.1 Å². The van der Waals surface area contributed by atoms with Gasteiger partial charge in [0.2, 0.25) is 5.91 Å². The predicted molar refractivity (Wildman–Crippen MR) is 134 cm³/mol. The molecule has 3 nitrogen and oxygen atoms in total. The zero-order valence-electron chi connectivity index (χ0n) is 20.3. The van der Waals surface area contributed by atoms with Crippen LogP contribution in [0.25, 0.3) is 0 Å². The molecule has 0 spiro atoms. The molecule has 172 valence electrons. The molecular formula is C26H45NO2S. The highest BCUT2D eigenvalue weighted by Gasteiger charge is 2.23. The van der Waals surface area contributed by atoms with Gasteiger partial charge in [-0.25, -0.2) is 0 Å². The molecule has 30 heavy (non-hydrogen) atoms. The van der Waals surface area contributed by atoms with Gasteiger partial charge in [0, 0.05) is 5.69 Å². The van der Waals surface area contributed by atoms with E-state index in [4.69, 9.17) is 0 Å². The average molecular weight is 436 g/mol. The summed E-state index contributed by atoms with van der Waals surface area (Å²) in [7, 11) is 0. The molecule has 2 N–H and O–H groups in total. The van der Waals surface area contributed by atoms with E-state index in [9.17, 15) is 9.90 Å². The van der Waals surface area contributed by atoms with Crippen molar-refractivity contribution in [1.82, 2.24) is 0 Å². The number of benzene rings is 1. The van der Waals surface area contributed by atoms with Gasteiger partial charge in [-0.2, -0.15) is 0 Å². The maximum absolute atomic E-state index is 12.9. The lowest BCUT2D eigenvalue weighted by atomic mass is 10.0. The van der Waals surface area contributed by atoms with Gasteiger partial charge in [0.1, 0.15) is 5.75 Å². The monoisotopic (exact) mass is 435 g/mol. The first-order chi connectivity index (χ1) is 14.3. The van der Waals surface area contributed by atoms with Crippen LogP contribution in [-0.2, 0) is 4.79 Å². The van der Waals surface area contributed by atoms with Crippen LogP contribution in [0.15, 0.2) is 6.07 Å². The molecule has 0 radical (unpaired) electrons. The van der Waals surface area contributed by atoms with Crippen LogP contribution in [0.4, 0.5) is 5.69 Å². The summed E-state index contributed by atoms with van der Waals surface area (Å²) >= 11 is 1.79. The molecule has 1 atom stereocenters. The maximum Gasteiger partial charge on any atom is 0.237 e. The van der Waals surface area contributed by atoms with Gasteiger partial charge in [0.15, 0.2) is 0 Å². The molecule has 0 saturated carbocycles. The molecular weight excluding hydrogens is 390 g/mol. The van der Waals surface area contributed by atoms with Gasteiger partial charge < -0.3 is 10.4 Å². The summed E-state index contributed by atoms with van der Waals surface area (Å²) in [5.41, 5.74) is 3.39. The van der Waals surface area contributed by atoms with Crippen LogP contribution in [0.2, 0.25) is 0 Å². The number of carbonyl (C=O) groups is 1. The van der Waals surface area contributed by atoms with Crippen LogP contribution in [0, 0.1) is 26.7 Å². The summed E-state index contributed by atoms with van der Waals surface area (Å²) in [6, 6.07) is 1.87. The van der Waals surface area contributed by atoms with Crippen LogP contribution in [-0.4, -0.2) is 22.0 Å². The van der Waals surface area contributed by atoms with Gasteiger partial charge in [0.25, 0.3) is 0 Å². The topological polar surface area (TPSA) is 49.3 Å². The van der Waals surface area contributed by atoms with E-state index >= 15 is 0 Å². The third kappa shape index (κ3) is 9.32. The number of unbranched alkanes of at least 4 members (excludes halogenated alkanes) is 9. The first-order valence-corrected chi connectivity index (χ1v) is 13.1. The fourth-order valence-corrected chi connectivity index (χ4v) is 4.99. The van der Waals surface area contributed by atoms with E-state index in [0.717, 1.165) is 28.1 Å². The minimum Gasteiger partial charge on any atom is -0.507 e. The van der Waals surface area contributed by atoms with Crippen LogP contribution >= 0.6 is 11.8 Å². The maximum atomic E-state index is 12.9. The normalized spacial score (nSPS) is 12.4. The number of anilines is 1. The Morgan fingerprint density at radius 2 is 1.47 bits per heavy atom. The molecule has 0 bridgehead atoms. The van der Waals surface area contributed by atoms with Gasteiger partial charge in [0.05, 0.1) is 5.25 Å². The largest absolute Gasteiger partial charge is 0.507 e. The second kappa shape index (κ2) is 14.8. The second-order valence-electron chi connectivity index (χ2n) is 9.05. The highest BCUT2D eigenvalue weighted by Crippen LogP contribution is 2.31. The molecule has 4 heteroatoms. The SMILES string of the molecule is CCCCCCCCCCCCSC(C(=O)Nc1cc(C)c(O)c(C)c1C)C(C)C. The summed E-state index contributed by atoms with van der Waals surface area (Å²) in [6.07, 6.45) is 13.4. The summed E-state index contributed by atoms with van der Waals surface area (Å²) in [5, 5.41) is 13.2. The number of rotatable bonds is 15. The Morgan fingerprint density at radius 3 is 2.00 bits per heavy atom. The molecule has 0 heterocycles. The third-order valence-electron chi connectivity index (χ3n) is 5.97. The summed E-state index contributed by atoms with van der Waals surface area (Å²) < 4.78 is 0. The zero-order valence-corrected chi connectivity index (χ0v) is 21.1. The standard InChI is InChI=1S/C26H45NO2S/c1-7-8-9-10-11-12-13-14-15-16-17-30-25(19(2)3)26(29)27-23-18-20(4)24(28)22(6)21(23)5/h18-19,25,28H,7-17H2,1-6H3,(H,27,29). The number of nitrogens with one attached hydrogen (secondary N) is 1. The number of carbonyl (C=O) groups excluding carboxylic acids is 1. The lowest BCUT2D eigenvalue weighted by Gasteiger charge is -2.21. The van der Waals surface area contributed by atoms with E-state index in [2.05, 4.69) is 26.1 Å². The summed E-state index contributed by atoms with van der Waals surface area (Å²) in [4.78, 5) is 12.9. The van der Waals surface area contributed by atoms with Crippen molar-refractivity contribution >= 4 is 23.4 Å². The highest BCUT2D eigenvalue weighted by atomic mass is 32.2. The van der Waals surface area contributed by atoms with E-state index in [0.29, 0.717) is 5.75 Å². The first kappa shape index (κ1) is 26.9. The second-order valence-corrected chi connectivity index (χ2v) is 10.3.